The fourth-order valence-corrected chi connectivity index (χ4v) is 2.07. The first-order valence-electron chi connectivity index (χ1n) is 6.01. The average molecular weight is 292 g/mol. The number of furan rings is 1. The number of ether oxygens (including phenoxy) is 1. The molecular weight excluding hydrogens is 276 g/mol. The van der Waals surface area contributed by atoms with Crippen molar-refractivity contribution in [1.29, 1.82) is 0 Å². The van der Waals surface area contributed by atoms with Crippen LogP contribution < -0.4 is 15.4 Å². The summed E-state index contributed by atoms with van der Waals surface area (Å²) < 4.78 is 10.2. The number of methoxy groups -OCH3 is 1. The fourth-order valence-electron chi connectivity index (χ4n) is 1.64. The molecule has 2 rings (SSSR count). The molecule has 0 aliphatic rings. The van der Waals surface area contributed by atoms with Crippen LogP contribution in [-0.2, 0) is 6.54 Å². The minimum Gasteiger partial charge on any atom is -0.495 e. The topological polar surface area (TPSA) is 63.5 Å². The van der Waals surface area contributed by atoms with Crippen molar-refractivity contribution in [2.24, 2.45) is 0 Å². The van der Waals surface area contributed by atoms with E-state index in [9.17, 15) is 4.79 Å². The van der Waals surface area contributed by atoms with Gasteiger partial charge in [0.1, 0.15) is 5.75 Å². The summed E-state index contributed by atoms with van der Waals surface area (Å²) in [5, 5.41) is 5.50. The Kier molecular flexibility index (Phi) is 4.95. The van der Waals surface area contributed by atoms with Crippen LogP contribution in [0, 0.1) is 0 Å². The second-order valence-corrected chi connectivity index (χ2v) is 4.89. The van der Waals surface area contributed by atoms with E-state index in [0.717, 1.165) is 10.5 Å². The first kappa shape index (κ1) is 14.3. The number of nitrogens with one attached hydrogen (secondary N) is 2. The molecule has 0 saturated carbocycles. The average Bonchev–Trinajstić information content (AvgIpc) is 2.99. The van der Waals surface area contributed by atoms with Crippen LogP contribution >= 0.6 is 11.8 Å². The number of urea groups is 1. The van der Waals surface area contributed by atoms with E-state index in [1.807, 2.05) is 24.5 Å². The monoisotopic (exact) mass is 292 g/mol. The number of rotatable bonds is 5. The molecule has 0 fully saturated rings. The van der Waals surface area contributed by atoms with E-state index in [2.05, 4.69) is 10.6 Å². The molecule has 0 radical (unpaired) electrons. The van der Waals surface area contributed by atoms with Crippen molar-refractivity contribution in [2.45, 2.75) is 11.4 Å². The Bertz CT molecular complexity index is 570. The predicted molar refractivity (Wildman–Crippen MR) is 79.3 cm³/mol. The highest BCUT2D eigenvalue weighted by Gasteiger charge is 2.08. The Morgan fingerprint density at radius 2 is 2.25 bits per heavy atom. The van der Waals surface area contributed by atoms with Gasteiger partial charge in [0.05, 0.1) is 25.3 Å². The molecule has 0 aliphatic carbocycles. The maximum absolute atomic E-state index is 11.8. The predicted octanol–water partition coefficient (Wildman–Crippen LogP) is 3.33. The van der Waals surface area contributed by atoms with Crippen LogP contribution in [-0.4, -0.2) is 19.4 Å². The molecule has 2 amide bonds. The third-order valence-corrected chi connectivity index (χ3v) is 3.42. The van der Waals surface area contributed by atoms with E-state index in [-0.39, 0.29) is 6.03 Å². The van der Waals surface area contributed by atoms with Crippen LogP contribution in [0.15, 0.2) is 46.1 Å². The molecule has 0 aliphatic heterocycles. The van der Waals surface area contributed by atoms with Gasteiger partial charge in [0, 0.05) is 17.0 Å². The van der Waals surface area contributed by atoms with Gasteiger partial charge in [-0.15, -0.1) is 11.8 Å². The van der Waals surface area contributed by atoms with Gasteiger partial charge in [-0.25, -0.2) is 4.79 Å². The van der Waals surface area contributed by atoms with Crippen LogP contribution in [0.3, 0.4) is 0 Å². The van der Waals surface area contributed by atoms with E-state index in [4.69, 9.17) is 9.15 Å². The van der Waals surface area contributed by atoms with Gasteiger partial charge >= 0.3 is 6.03 Å². The highest BCUT2D eigenvalue weighted by molar-refractivity contribution is 7.98. The van der Waals surface area contributed by atoms with E-state index in [0.29, 0.717) is 18.0 Å². The third kappa shape index (κ3) is 3.71. The summed E-state index contributed by atoms with van der Waals surface area (Å²) in [6.07, 6.45) is 5.15. The Labute approximate surface area is 121 Å². The van der Waals surface area contributed by atoms with Crippen molar-refractivity contribution in [2.75, 3.05) is 18.7 Å². The Balaban J connectivity index is 1.96. The molecule has 0 bridgehead atoms. The highest BCUT2D eigenvalue weighted by Crippen LogP contribution is 2.29. The molecule has 0 saturated heterocycles. The van der Waals surface area contributed by atoms with Gasteiger partial charge in [-0.1, -0.05) is 0 Å². The molecule has 0 unspecified atom stereocenters. The zero-order chi connectivity index (χ0) is 14.4. The van der Waals surface area contributed by atoms with Gasteiger partial charge in [-0.2, -0.15) is 0 Å². The van der Waals surface area contributed by atoms with Gasteiger partial charge in [0.25, 0.3) is 0 Å². The van der Waals surface area contributed by atoms with Gasteiger partial charge in [-0.05, 0) is 30.5 Å². The molecule has 1 heterocycles. The largest absolute Gasteiger partial charge is 0.495 e. The van der Waals surface area contributed by atoms with Crippen molar-refractivity contribution in [3.8, 4) is 5.75 Å². The molecular formula is C14H16N2O3S. The zero-order valence-electron chi connectivity index (χ0n) is 11.3. The van der Waals surface area contributed by atoms with E-state index < -0.39 is 0 Å². The van der Waals surface area contributed by atoms with Crippen LogP contribution in [0.4, 0.5) is 10.5 Å². The lowest BCUT2D eigenvalue weighted by molar-refractivity contribution is 0.251. The molecule has 1 aromatic carbocycles. The summed E-state index contributed by atoms with van der Waals surface area (Å²) in [5.41, 5.74) is 1.54. The van der Waals surface area contributed by atoms with Crippen LogP contribution in [0.2, 0.25) is 0 Å². The summed E-state index contributed by atoms with van der Waals surface area (Å²) in [6.45, 7) is 0.410. The van der Waals surface area contributed by atoms with Gasteiger partial charge in [0.15, 0.2) is 0 Å². The van der Waals surface area contributed by atoms with Gasteiger partial charge in [-0.3, -0.25) is 0 Å². The Hall–Kier alpha value is -2.08. The number of hydrogen-bond donors (Lipinski definition) is 2. The van der Waals surface area contributed by atoms with E-state index in [1.165, 1.54) is 0 Å². The van der Waals surface area contributed by atoms with E-state index in [1.54, 1.807) is 37.5 Å². The molecule has 0 spiro atoms. The first-order valence-corrected chi connectivity index (χ1v) is 7.23. The summed E-state index contributed by atoms with van der Waals surface area (Å²) >= 11 is 1.62. The van der Waals surface area contributed by atoms with Gasteiger partial charge in [0.2, 0.25) is 0 Å². The van der Waals surface area contributed by atoms with Crippen molar-refractivity contribution >= 4 is 23.5 Å². The van der Waals surface area contributed by atoms with Crippen LogP contribution in [0.25, 0.3) is 0 Å². The molecule has 106 valence electrons. The van der Waals surface area contributed by atoms with Crippen molar-refractivity contribution in [1.82, 2.24) is 5.32 Å². The van der Waals surface area contributed by atoms with Crippen molar-refractivity contribution < 1.29 is 13.9 Å². The number of anilines is 1. The Morgan fingerprint density at radius 3 is 2.90 bits per heavy atom. The SMILES string of the molecule is COc1cc(SC)ccc1NC(=O)NCc1ccoc1. The normalized spacial score (nSPS) is 10.1. The quantitative estimate of drug-likeness (QED) is 0.830. The molecule has 2 aromatic rings. The van der Waals surface area contributed by atoms with Gasteiger partial charge < -0.3 is 19.8 Å². The zero-order valence-corrected chi connectivity index (χ0v) is 12.1. The maximum Gasteiger partial charge on any atom is 0.319 e. The Morgan fingerprint density at radius 1 is 1.40 bits per heavy atom. The molecule has 2 N–H and O–H groups in total. The van der Waals surface area contributed by atoms with Crippen LogP contribution in [0.5, 0.6) is 5.75 Å². The summed E-state index contributed by atoms with van der Waals surface area (Å²) in [4.78, 5) is 12.9. The summed E-state index contributed by atoms with van der Waals surface area (Å²) in [5.74, 6) is 0.635. The summed E-state index contributed by atoms with van der Waals surface area (Å²) in [7, 11) is 1.58. The van der Waals surface area contributed by atoms with Crippen molar-refractivity contribution in [3.05, 3.63) is 42.4 Å². The molecule has 5 nitrogen and oxygen atoms in total. The number of amides is 2. The second kappa shape index (κ2) is 6.91. The highest BCUT2D eigenvalue weighted by atomic mass is 32.2. The number of carbonyl (C=O) groups is 1. The molecule has 20 heavy (non-hydrogen) atoms. The summed E-state index contributed by atoms with van der Waals surface area (Å²) in [6, 6.07) is 7.15. The first-order chi connectivity index (χ1) is 9.72. The van der Waals surface area contributed by atoms with Crippen molar-refractivity contribution in [3.63, 3.8) is 0 Å². The lowest BCUT2D eigenvalue weighted by atomic mass is 10.3. The molecule has 6 heteroatoms. The smallest absolute Gasteiger partial charge is 0.319 e. The van der Waals surface area contributed by atoms with E-state index >= 15 is 0 Å². The second-order valence-electron chi connectivity index (χ2n) is 4.01. The lowest BCUT2D eigenvalue weighted by Gasteiger charge is -2.11. The minimum atomic E-state index is -0.290. The standard InChI is InChI=1S/C14H16N2O3S/c1-18-13-7-11(20-2)3-4-12(13)16-14(17)15-8-10-5-6-19-9-10/h3-7,9H,8H2,1-2H3,(H2,15,16,17). The number of thioether (sulfide) groups is 1. The number of benzene rings is 1. The minimum absolute atomic E-state index is 0.290. The van der Waals surface area contributed by atoms with Crippen LogP contribution in [0.1, 0.15) is 5.56 Å². The lowest BCUT2D eigenvalue weighted by Crippen LogP contribution is -2.28. The fraction of sp³-hybridized carbons (Fsp3) is 0.214. The number of carbonyl (C=O) groups excluding carboxylic acids is 1. The maximum atomic E-state index is 11.8. The number of hydrogen-bond acceptors (Lipinski definition) is 4. The third-order valence-electron chi connectivity index (χ3n) is 2.69. The molecule has 1 aromatic heterocycles. The molecule has 0 atom stereocenters.